The topological polar surface area (TPSA) is 95.0 Å². The molecule has 1 aliphatic carbocycles. The number of nitrogens with two attached hydrogens (primary N) is 1. The lowest BCUT2D eigenvalue weighted by atomic mass is 9.78. The molecule has 2 aromatic rings. The summed E-state index contributed by atoms with van der Waals surface area (Å²) in [7, 11) is 3.70. The summed E-state index contributed by atoms with van der Waals surface area (Å²) in [5.41, 5.74) is 7.00. The van der Waals surface area contributed by atoms with Crippen LogP contribution in [0.25, 0.3) is 0 Å². The van der Waals surface area contributed by atoms with E-state index < -0.39 is 0 Å². The first-order valence-electron chi connectivity index (χ1n) is 8.24. The molecule has 2 aromatic heterocycles. The van der Waals surface area contributed by atoms with Gasteiger partial charge in [-0.05, 0) is 19.8 Å². The average molecular weight is 331 g/mol. The Balaban J connectivity index is 1.73. The van der Waals surface area contributed by atoms with Gasteiger partial charge in [0.2, 0.25) is 0 Å². The van der Waals surface area contributed by atoms with Crippen LogP contribution < -0.4 is 10.6 Å². The van der Waals surface area contributed by atoms with Gasteiger partial charge in [0.25, 0.3) is 0 Å². The van der Waals surface area contributed by atoms with Crippen molar-refractivity contribution in [2.45, 2.75) is 44.8 Å². The third-order valence-electron chi connectivity index (χ3n) is 4.44. The molecular weight excluding hydrogens is 306 g/mol. The molecule has 1 fully saturated rings. The molecule has 0 spiro atoms. The number of aromatic nitrogens is 5. The molecule has 0 aromatic carbocycles. The Bertz CT molecular complexity index is 681. The minimum atomic E-state index is 0.311. The van der Waals surface area contributed by atoms with Crippen LogP contribution in [0.3, 0.4) is 0 Å². The average Bonchev–Trinajstić information content (AvgIpc) is 2.96. The van der Waals surface area contributed by atoms with Crippen molar-refractivity contribution in [3.63, 3.8) is 0 Å². The third-order valence-corrected chi connectivity index (χ3v) is 4.44. The second-order valence-corrected chi connectivity index (χ2v) is 6.42. The fourth-order valence-corrected chi connectivity index (χ4v) is 2.95. The van der Waals surface area contributed by atoms with Gasteiger partial charge in [0, 0.05) is 44.4 Å². The molecule has 24 heavy (non-hydrogen) atoms. The molecule has 0 saturated heterocycles. The number of rotatable bonds is 7. The van der Waals surface area contributed by atoms with Crippen molar-refractivity contribution >= 4 is 5.82 Å². The lowest BCUT2D eigenvalue weighted by Crippen LogP contribution is -2.35. The SMILES string of the molecule is COCCn1cnnc1CN(C)c1cc(C2CC(N)C2)nc(C)n1. The Labute approximate surface area is 142 Å². The second kappa shape index (κ2) is 7.23. The van der Waals surface area contributed by atoms with Crippen LogP contribution in [-0.2, 0) is 17.8 Å². The third kappa shape index (κ3) is 3.70. The normalized spacial score (nSPS) is 20.0. The Morgan fingerprint density at radius 1 is 1.38 bits per heavy atom. The van der Waals surface area contributed by atoms with Crippen LogP contribution in [0.1, 0.15) is 36.1 Å². The Hall–Kier alpha value is -2.06. The van der Waals surface area contributed by atoms with Crippen molar-refractivity contribution < 1.29 is 4.74 Å². The van der Waals surface area contributed by atoms with E-state index in [1.54, 1.807) is 13.4 Å². The number of anilines is 1. The van der Waals surface area contributed by atoms with Crippen LogP contribution in [0.2, 0.25) is 0 Å². The molecule has 0 aliphatic heterocycles. The lowest BCUT2D eigenvalue weighted by molar-refractivity contribution is 0.186. The molecule has 0 radical (unpaired) electrons. The zero-order chi connectivity index (χ0) is 17.1. The van der Waals surface area contributed by atoms with Gasteiger partial charge >= 0.3 is 0 Å². The van der Waals surface area contributed by atoms with E-state index in [0.717, 1.165) is 42.5 Å². The van der Waals surface area contributed by atoms with Gasteiger partial charge in [-0.15, -0.1) is 10.2 Å². The summed E-state index contributed by atoms with van der Waals surface area (Å²) in [6.07, 6.45) is 3.74. The van der Waals surface area contributed by atoms with Crippen molar-refractivity contribution in [1.82, 2.24) is 24.7 Å². The summed E-state index contributed by atoms with van der Waals surface area (Å²) in [4.78, 5) is 11.2. The van der Waals surface area contributed by atoms with E-state index in [2.05, 4.69) is 31.1 Å². The van der Waals surface area contributed by atoms with E-state index in [4.69, 9.17) is 10.5 Å². The maximum Gasteiger partial charge on any atom is 0.152 e. The quantitative estimate of drug-likeness (QED) is 0.804. The molecular formula is C16H25N7O. The van der Waals surface area contributed by atoms with Gasteiger partial charge in [-0.3, -0.25) is 0 Å². The highest BCUT2D eigenvalue weighted by Crippen LogP contribution is 2.35. The van der Waals surface area contributed by atoms with Crippen LogP contribution >= 0.6 is 0 Å². The Morgan fingerprint density at radius 2 is 2.17 bits per heavy atom. The molecule has 0 amide bonds. The minimum Gasteiger partial charge on any atom is -0.383 e. The molecule has 8 heteroatoms. The maximum atomic E-state index is 5.91. The van der Waals surface area contributed by atoms with E-state index in [-0.39, 0.29) is 0 Å². The predicted molar refractivity (Wildman–Crippen MR) is 90.7 cm³/mol. The summed E-state index contributed by atoms with van der Waals surface area (Å²) in [5, 5.41) is 8.21. The monoisotopic (exact) mass is 331 g/mol. The summed E-state index contributed by atoms with van der Waals surface area (Å²) in [6.45, 7) is 3.93. The maximum absolute atomic E-state index is 5.91. The van der Waals surface area contributed by atoms with Gasteiger partial charge in [0.05, 0.1) is 13.2 Å². The summed E-state index contributed by atoms with van der Waals surface area (Å²) in [6, 6.07) is 2.38. The molecule has 2 N–H and O–H groups in total. The van der Waals surface area contributed by atoms with Crippen LogP contribution in [0, 0.1) is 6.92 Å². The zero-order valence-corrected chi connectivity index (χ0v) is 14.5. The van der Waals surface area contributed by atoms with Gasteiger partial charge in [0.1, 0.15) is 18.0 Å². The number of methoxy groups -OCH3 is 1. The van der Waals surface area contributed by atoms with E-state index >= 15 is 0 Å². The molecule has 2 heterocycles. The summed E-state index contributed by atoms with van der Waals surface area (Å²) >= 11 is 0. The molecule has 3 rings (SSSR count). The first-order chi connectivity index (χ1) is 11.6. The van der Waals surface area contributed by atoms with Crippen molar-refractivity contribution in [3.8, 4) is 0 Å². The molecule has 0 unspecified atom stereocenters. The van der Waals surface area contributed by atoms with Crippen molar-refractivity contribution in [2.24, 2.45) is 5.73 Å². The smallest absolute Gasteiger partial charge is 0.152 e. The van der Waals surface area contributed by atoms with Crippen LogP contribution in [0.4, 0.5) is 5.82 Å². The van der Waals surface area contributed by atoms with E-state index in [1.165, 1.54) is 0 Å². The zero-order valence-electron chi connectivity index (χ0n) is 14.5. The molecule has 130 valence electrons. The van der Waals surface area contributed by atoms with Crippen LogP contribution in [-0.4, -0.2) is 51.5 Å². The van der Waals surface area contributed by atoms with Crippen molar-refractivity contribution in [2.75, 3.05) is 25.7 Å². The Kier molecular flexibility index (Phi) is 5.06. The van der Waals surface area contributed by atoms with Crippen LogP contribution in [0.15, 0.2) is 12.4 Å². The molecule has 1 aliphatic rings. The van der Waals surface area contributed by atoms with Crippen molar-refractivity contribution in [1.29, 1.82) is 0 Å². The number of hydrogen-bond acceptors (Lipinski definition) is 7. The van der Waals surface area contributed by atoms with Crippen LogP contribution in [0.5, 0.6) is 0 Å². The highest BCUT2D eigenvalue weighted by atomic mass is 16.5. The van der Waals surface area contributed by atoms with Crippen molar-refractivity contribution in [3.05, 3.63) is 29.7 Å². The molecule has 1 saturated carbocycles. The van der Waals surface area contributed by atoms with E-state index in [1.807, 2.05) is 18.5 Å². The number of hydrogen-bond donors (Lipinski definition) is 1. The summed E-state index contributed by atoms with van der Waals surface area (Å²) < 4.78 is 7.12. The number of nitrogens with zero attached hydrogens (tertiary/aromatic N) is 6. The van der Waals surface area contributed by atoms with Gasteiger partial charge in [-0.25, -0.2) is 9.97 Å². The summed E-state index contributed by atoms with van der Waals surface area (Å²) in [5.74, 6) is 3.03. The lowest BCUT2D eigenvalue weighted by Gasteiger charge is -2.32. The number of ether oxygens (including phenoxy) is 1. The van der Waals surface area contributed by atoms with E-state index in [9.17, 15) is 0 Å². The minimum absolute atomic E-state index is 0.311. The van der Waals surface area contributed by atoms with E-state index in [0.29, 0.717) is 25.1 Å². The molecule has 0 bridgehead atoms. The Morgan fingerprint density at radius 3 is 2.88 bits per heavy atom. The highest BCUT2D eigenvalue weighted by molar-refractivity contribution is 5.40. The van der Waals surface area contributed by atoms with Gasteiger partial charge in [-0.1, -0.05) is 0 Å². The van der Waals surface area contributed by atoms with Gasteiger partial charge in [0.15, 0.2) is 5.82 Å². The fourth-order valence-electron chi connectivity index (χ4n) is 2.95. The first kappa shape index (κ1) is 16.8. The second-order valence-electron chi connectivity index (χ2n) is 6.42. The number of aryl methyl sites for hydroxylation is 1. The largest absolute Gasteiger partial charge is 0.383 e. The highest BCUT2D eigenvalue weighted by Gasteiger charge is 2.29. The predicted octanol–water partition coefficient (Wildman–Crippen LogP) is 0.864. The fraction of sp³-hybridized carbons (Fsp3) is 0.625. The van der Waals surface area contributed by atoms with Gasteiger partial charge < -0.3 is 19.9 Å². The standard InChI is InChI=1S/C16H25N7O/c1-11-19-14(12-6-13(17)7-12)8-15(20-11)22(2)9-16-21-18-10-23(16)4-5-24-3/h8,10,12-13H,4-7,9,17H2,1-3H3. The molecule has 8 nitrogen and oxygen atoms in total. The van der Waals surface area contributed by atoms with Gasteiger partial charge in [-0.2, -0.15) is 0 Å². The first-order valence-corrected chi connectivity index (χ1v) is 8.24. The molecule has 0 atom stereocenters.